The molecule has 0 saturated heterocycles. The van der Waals surface area contributed by atoms with Crippen LogP contribution >= 0.6 is 0 Å². The van der Waals surface area contributed by atoms with Crippen molar-refractivity contribution in [2.24, 2.45) is 0 Å². The summed E-state index contributed by atoms with van der Waals surface area (Å²) in [5.41, 5.74) is 8.77. The summed E-state index contributed by atoms with van der Waals surface area (Å²) in [7, 11) is 0. The van der Waals surface area contributed by atoms with Crippen molar-refractivity contribution in [2.75, 3.05) is 0 Å². The molecule has 0 atom stereocenters. The first kappa shape index (κ1) is 7.05. The second-order valence-corrected chi connectivity index (χ2v) is 2.14. The zero-order chi connectivity index (χ0) is 5.86. The molecule has 0 bridgehead atoms. The Balaban J connectivity index is 3.98. The monoisotopic (exact) mass is 274 g/mol. The number of rotatable bonds is 1. The van der Waals surface area contributed by atoms with Crippen LogP contribution in [0.1, 0.15) is 13.8 Å². The van der Waals surface area contributed by atoms with Crippen LogP contribution in [0.25, 0.3) is 5.73 Å². The SMILES string of the molecule is CC([NH-])=C(C)[CH]=[Os]. The van der Waals surface area contributed by atoms with Gasteiger partial charge in [-0.2, -0.15) is 0 Å². The van der Waals surface area contributed by atoms with E-state index in [1.807, 2.05) is 11.5 Å². The fraction of sp³-hybridized carbons (Fsp3) is 0.400. The van der Waals surface area contributed by atoms with Gasteiger partial charge in [0.15, 0.2) is 0 Å². The van der Waals surface area contributed by atoms with E-state index >= 15 is 0 Å². The van der Waals surface area contributed by atoms with Gasteiger partial charge in [-0.05, 0) is 0 Å². The summed E-state index contributed by atoms with van der Waals surface area (Å²) >= 11 is 1.76. The molecule has 1 nitrogen and oxygen atoms in total. The van der Waals surface area contributed by atoms with Crippen LogP contribution in [0.2, 0.25) is 0 Å². The van der Waals surface area contributed by atoms with Gasteiger partial charge >= 0.3 is 53.6 Å². The molecule has 0 aromatic heterocycles. The Labute approximate surface area is 54.0 Å². The van der Waals surface area contributed by atoms with E-state index in [9.17, 15) is 0 Å². The predicted octanol–water partition coefficient (Wildman–Crippen LogP) is 1.68. The van der Waals surface area contributed by atoms with E-state index in [-0.39, 0.29) is 0 Å². The van der Waals surface area contributed by atoms with Gasteiger partial charge in [-0.1, -0.05) is 0 Å². The number of hydrogen-bond acceptors (Lipinski definition) is 0. The van der Waals surface area contributed by atoms with Gasteiger partial charge in [0.2, 0.25) is 0 Å². The average molecular weight is 272 g/mol. The maximum atomic E-state index is 7.04. The molecule has 0 spiro atoms. The third-order valence-electron chi connectivity index (χ3n) is 0.745. The normalized spacial score (nSPS) is 13.0. The Kier molecular flexibility index (Phi) is 3.12. The molecule has 0 aromatic carbocycles. The van der Waals surface area contributed by atoms with Gasteiger partial charge in [0.05, 0.1) is 0 Å². The fourth-order valence-electron chi connectivity index (χ4n) is 0.0765. The summed E-state index contributed by atoms with van der Waals surface area (Å²) in [6, 6.07) is 0. The summed E-state index contributed by atoms with van der Waals surface area (Å²) in [5.74, 6) is 0. The summed E-state index contributed by atoms with van der Waals surface area (Å²) in [6.45, 7) is 3.73. The first-order chi connectivity index (χ1) is 3.18. The van der Waals surface area contributed by atoms with Gasteiger partial charge in [-0.25, -0.2) is 0 Å². The van der Waals surface area contributed by atoms with Gasteiger partial charge in [0.1, 0.15) is 0 Å². The van der Waals surface area contributed by atoms with Crippen molar-refractivity contribution in [3.63, 3.8) is 0 Å². The van der Waals surface area contributed by atoms with Gasteiger partial charge in [0, 0.05) is 0 Å². The molecule has 0 aliphatic heterocycles. The summed E-state index contributed by atoms with van der Waals surface area (Å²) in [4.78, 5) is 0. The Hall–Kier alpha value is 0.0464. The molecule has 42 valence electrons. The second-order valence-electron chi connectivity index (χ2n) is 1.41. The van der Waals surface area contributed by atoms with Crippen LogP contribution in [0.3, 0.4) is 0 Å². The molecule has 0 aliphatic rings. The predicted molar refractivity (Wildman–Crippen MR) is 28.8 cm³/mol. The Morgan fingerprint density at radius 1 is 1.57 bits per heavy atom. The van der Waals surface area contributed by atoms with Crippen LogP contribution in [-0.2, 0) is 18.1 Å². The molecule has 0 rings (SSSR count). The van der Waals surface area contributed by atoms with Crippen LogP contribution in [-0.4, -0.2) is 4.57 Å². The van der Waals surface area contributed by atoms with Crippen LogP contribution in [0, 0.1) is 0 Å². The molecule has 0 aromatic rings. The second kappa shape index (κ2) is 3.10. The first-order valence-corrected chi connectivity index (χ1v) is 3.46. The van der Waals surface area contributed by atoms with Crippen LogP contribution in [0.15, 0.2) is 11.3 Å². The third-order valence-corrected chi connectivity index (χ3v) is 1.84. The minimum atomic E-state index is 0.662. The molecule has 7 heavy (non-hydrogen) atoms. The molecule has 0 heterocycles. The first-order valence-electron chi connectivity index (χ1n) is 1.99. The Morgan fingerprint density at radius 2 is 2.00 bits per heavy atom. The van der Waals surface area contributed by atoms with Crippen LogP contribution < -0.4 is 0 Å². The average Bonchev–Trinajstić information content (AvgIpc) is 1.65. The van der Waals surface area contributed by atoms with Gasteiger partial charge in [0.25, 0.3) is 0 Å². The van der Waals surface area contributed by atoms with Crippen LogP contribution in [0.4, 0.5) is 0 Å². The van der Waals surface area contributed by atoms with E-state index in [0.717, 1.165) is 5.57 Å². The molecule has 2 heteroatoms. The van der Waals surface area contributed by atoms with Crippen molar-refractivity contribution in [2.45, 2.75) is 13.8 Å². The van der Waals surface area contributed by atoms with Crippen molar-refractivity contribution < 1.29 is 18.1 Å². The zero-order valence-corrected chi connectivity index (χ0v) is 6.97. The van der Waals surface area contributed by atoms with E-state index in [4.69, 9.17) is 5.73 Å². The molecule has 0 amide bonds. The molecular weight excluding hydrogens is 264 g/mol. The molecular formula is C5H8NOs-. The van der Waals surface area contributed by atoms with Gasteiger partial charge in [-0.3, -0.25) is 0 Å². The van der Waals surface area contributed by atoms with Gasteiger partial charge in [-0.15, -0.1) is 0 Å². The molecule has 1 N–H and O–H groups in total. The molecule has 0 radical (unpaired) electrons. The van der Waals surface area contributed by atoms with E-state index < -0.39 is 0 Å². The Morgan fingerprint density at radius 3 is 2.00 bits per heavy atom. The van der Waals surface area contributed by atoms with Crippen molar-refractivity contribution in [3.8, 4) is 0 Å². The maximum absolute atomic E-state index is 7.04. The number of allylic oxidation sites excluding steroid dienone is 2. The standard InChI is InChI=1S/C5H8N.Os/c1-4(2)5(3)6;/h1,6H,2-3H3;/q-1;. The van der Waals surface area contributed by atoms with E-state index in [1.54, 1.807) is 25.1 Å². The van der Waals surface area contributed by atoms with Crippen LogP contribution in [0.5, 0.6) is 0 Å². The number of nitrogens with one attached hydrogen (secondary N) is 1. The van der Waals surface area contributed by atoms with Crippen molar-refractivity contribution >= 4 is 4.57 Å². The third kappa shape index (κ3) is 2.71. The Bertz CT molecular complexity index is 101. The van der Waals surface area contributed by atoms with Crippen molar-refractivity contribution in [1.82, 2.24) is 0 Å². The fourth-order valence-corrected chi connectivity index (χ4v) is 0.627. The topological polar surface area (TPSA) is 23.8 Å². The quantitative estimate of drug-likeness (QED) is 0.693. The van der Waals surface area contributed by atoms with E-state index in [1.165, 1.54) is 0 Å². The zero-order valence-electron chi connectivity index (χ0n) is 4.43. The van der Waals surface area contributed by atoms with Crippen molar-refractivity contribution in [3.05, 3.63) is 17.0 Å². The van der Waals surface area contributed by atoms with E-state index in [2.05, 4.69) is 0 Å². The molecule has 0 aliphatic carbocycles. The molecule has 0 fully saturated rings. The molecule has 0 saturated carbocycles. The summed E-state index contributed by atoms with van der Waals surface area (Å²) in [5, 5.41) is 0. The van der Waals surface area contributed by atoms with Gasteiger partial charge < -0.3 is 0 Å². The van der Waals surface area contributed by atoms with E-state index in [0.29, 0.717) is 5.70 Å². The minimum absolute atomic E-state index is 0.662. The van der Waals surface area contributed by atoms with Crippen molar-refractivity contribution in [1.29, 1.82) is 0 Å². The summed E-state index contributed by atoms with van der Waals surface area (Å²) < 4.78 is 1.96. The molecule has 0 unspecified atom stereocenters. The summed E-state index contributed by atoms with van der Waals surface area (Å²) in [6.07, 6.45) is 0. The number of hydrogen-bond donors (Lipinski definition) is 0.